The van der Waals surface area contributed by atoms with E-state index in [4.69, 9.17) is 9.47 Å². The van der Waals surface area contributed by atoms with Crippen LogP contribution >= 0.6 is 0 Å². The predicted octanol–water partition coefficient (Wildman–Crippen LogP) is 3.59. The molecule has 0 aromatic heterocycles. The zero-order chi connectivity index (χ0) is 13.0. The zero-order valence-electron chi connectivity index (χ0n) is 11.1. The normalized spacial score (nSPS) is 31.1. The first-order chi connectivity index (χ1) is 9.42. The molecule has 19 heavy (non-hydrogen) atoms. The molecule has 0 fully saturated rings. The van der Waals surface area contributed by atoms with Gasteiger partial charge in [-0.15, -0.1) is 0 Å². The van der Waals surface area contributed by atoms with Crippen molar-refractivity contribution in [1.29, 1.82) is 0 Å². The van der Waals surface area contributed by atoms with E-state index in [1.165, 1.54) is 5.56 Å². The van der Waals surface area contributed by atoms with E-state index in [0.29, 0.717) is 13.2 Å². The Labute approximate surface area is 114 Å². The number of allylic oxidation sites excluding steroid dienone is 1. The summed E-state index contributed by atoms with van der Waals surface area (Å²) in [6.07, 6.45) is 11.7. The van der Waals surface area contributed by atoms with E-state index in [1.807, 2.05) is 6.07 Å². The highest BCUT2D eigenvalue weighted by Crippen LogP contribution is 2.39. The molecule has 3 rings (SSSR count). The molecule has 0 bridgehead atoms. The fraction of sp³-hybridized carbons (Fsp3) is 0.412. The van der Waals surface area contributed by atoms with Crippen LogP contribution in [-0.2, 0) is 15.1 Å². The standard InChI is InChI=1S/C17H20O2/c1-3-9-15(10-4-1)17(12-6-8-14-19-17)16-11-5-2-7-13-18-16/h1-4,6-10,16H,5,11-14H2/t16-,17+/m1/s1. The topological polar surface area (TPSA) is 18.5 Å². The summed E-state index contributed by atoms with van der Waals surface area (Å²) < 4.78 is 12.3. The maximum absolute atomic E-state index is 6.21. The fourth-order valence-corrected chi connectivity index (χ4v) is 2.97. The molecule has 2 aliphatic rings. The van der Waals surface area contributed by atoms with Gasteiger partial charge < -0.3 is 9.47 Å². The first-order valence-electron chi connectivity index (χ1n) is 7.03. The van der Waals surface area contributed by atoms with Crippen molar-refractivity contribution >= 4 is 0 Å². The maximum Gasteiger partial charge on any atom is 0.123 e. The molecule has 100 valence electrons. The Morgan fingerprint density at radius 1 is 0.947 bits per heavy atom. The third-order valence-electron chi connectivity index (χ3n) is 3.96. The number of ether oxygens (including phenoxy) is 2. The van der Waals surface area contributed by atoms with Crippen LogP contribution in [0.3, 0.4) is 0 Å². The molecule has 0 amide bonds. The second-order valence-corrected chi connectivity index (χ2v) is 5.11. The average molecular weight is 256 g/mol. The van der Waals surface area contributed by atoms with Crippen molar-refractivity contribution in [3.8, 4) is 0 Å². The molecule has 1 aromatic carbocycles. The quantitative estimate of drug-likeness (QED) is 0.753. The van der Waals surface area contributed by atoms with Crippen LogP contribution in [0.5, 0.6) is 0 Å². The van der Waals surface area contributed by atoms with Gasteiger partial charge in [-0.2, -0.15) is 0 Å². The molecule has 0 unspecified atom stereocenters. The largest absolute Gasteiger partial charge is 0.371 e. The van der Waals surface area contributed by atoms with Crippen molar-refractivity contribution in [3.05, 3.63) is 60.2 Å². The van der Waals surface area contributed by atoms with Crippen molar-refractivity contribution in [1.82, 2.24) is 0 Å². The van der Waals surface area contributed by atoms with E-state index in [1.54, 1.807) is 0 Å². The van der Waals surface area contributed by atoms with Gasteiger partial charge >= 0.3 is 0 Å². The molecule has 2 heteroatoms. The lowest BCUT2D eigenvalue weighted by Crippen LogP contribution is -2.44. The highest BCUT2D eigenvalue weighted by molar-refractivity contribution is 5.27. The van der Waals surface area contributed by atoms with Gasteiger partial charge in [0.2, 0.25) is 0 Å². The minimum atomic E-state index is -0.317. The summed E-state index contributed by atoms with van der Waals surface area (Å²) in [7, 11) is 0. The number of hydrogen-bond acceptors (Lipinski definition) is 2. The highest BCUT2D eigenvalue weighted by Gasteiger charge is 2.42. The number of hydrogen-bond donors (Lipinski definition) is 0. The molecule has 0 saturated heterocycles. The lowest BCUT2D eigenvalue weighted by molar-refractivity contribution is -0.146. The first kappa shape index (κ1) is 12.6. The van der Waals surface area contributed by atoms with Crippen molar-refractivity contribution in [3.63, 3.8) is 0 Å². The van der Waals surface area contributed by atoms with Crippen LogP contribution in [0.4, 0.5) is 0 Å². The molecular weight excluding hydrogens is 236 g/mol. The van der Waals surface area contributed by atoms with Crippen LogP contribution in [0.25, 0.3) is 0 Å². The Balaban J connectivity index is 1.94. The van der Waals surface area contributed by atoms with E-state index in [2.05, 4.69) is 48.6 Å². The third-order valence-corrected chi connectivity index (χ3v) is 3.96. The molecule has 0 aliphatic carbocycles. The molecule has 2 nitrogen and oxygen atoms in total. The number of rotatable bonds is 2. The maximum atomic E-state index is 6.21. The van der Waals surface area contributed by atoms with Gasteiger partial charge in [0.15, 0.2) is 0 Å². The van der Waals surface area contributed by atoms with Crippen LogP contribution in [0.15, 0.2) is 54.6 Å². The third kappa shape index (κ3) is 2.51. The molecule has 2 aliphatic heterocycles. The molecule has 0 radical (unpaired) electrons. The SMILES string of the molecule is C1=CCO[C@@H]([C@@]2(c3ccccc3)CC=CCO2)CC1. The van der Waals surface area contributed by atoms with Gasteiger partial charge in [-0.1, -0.05) is 54.6 Å². The Bertz CT molecular complexity index is 453. The minimum absolute atomic E-state index is 0.120. The average Bonchev–Trinajstić information content (AvgIpc) is 2.78. The van der Waals surface area contributed by atoms with Crippen molar-refractivity contribution < 1.29 is 9.47 Å². The minimum Gasteiger partial charge on any atom is -0.371 e. The molecule has 2 heterocycles. The Morgan fingerprint density at radius 2 is 1.79 bits per heavy atom. The fourth-order valence-electron chi connectivity index (χ4n) is 2.97. The van der Waals surface area contributed by atoms with Gasteiger partial charge in [-0.05, 0) is 18.4 Å². The smallest absolute Gasteiger partial charge is 0.123 e. The summed E-state index contributed by atoms with van der Waals surface area (Å²) in [6, 6.07) is 10.5. The summed E-state index contributed by atoms with van der Waals surface area (Å²) in [4.78, 5) is 0. The van der Waals surface area contributed by atoms with Crippen molar-refractivity contribution in [2.24, 2.45) is 0 Å². The summed E-state index contributed by atoms with van der Waals surface area (Å²) >= 11 is 0. The van der Waals surface area contributed by atoms with E-state index in [0.717, 1.165) is 19.3 Å². The van der Waals surface area contributed by atoms with Crippen LogP contribution < -0.4 is 0 Å². The summed E-state index contributed by atoms with van der Waals surface area (Å²) in [5.41, 5.74) is 0.911. The Morgan fingerprint density at radius 3 is 2.58 bits per heavy atom. The monoisotopic (exact) mass is 256 g/mol. The summed E-state index contributed by atoms with van der Waals surface area (Å²) in [5, 5.41) is 0. The lowest BCUT2D eigenvalue weighted by Gasteiger charge is -2.41. The highest BCUT2D eigenvalue weighted by atomic mass is 16.5. The van der Waals surface area contributed by atoms with Crippen molar-refractivity contribution in [2.45, 2.75) is 31.0 Å². The summed E-state index contributed by atoms with van der Waals surface area (Å²) in [5.74, 6) is 0. The van der Waals surface area contributed by atoms with Gasteiger partial charge in [-0.25, -0.2) is 0 Å². The molecule has 0 spiro atoms. The molecule has 1 aromatic rings. The van der Waals surface area contributed by atoms with Crippen LogP contribution in [0.1, 0.15) is 24.8 Å². The van der Waals surface area contributed by atoms with Crippen LogP contribution in [0, 0.1) is 0 Å². The van der Waals surface area contributed by atoms with Crippen LogP contribution in [-0.4, -0.2) is 19.3 Å². The second-order valence-electron chi connectivity index (χ2n) is 5.11. The van der Waals surface area contributed by atoms with Gasteiger partial charge in [0.25, 0.3) is 0 Å². The zero-order valence-corrected chi connectivity index (χ0v) is 11.1. The molecule has 2 atom stereocenters. The van der Waals surface area contributed by atoms with Crippen LogP contribution in [0.2, 0.25) is 0 Å². The molecule has 0 saturated carbocycles. The van der Waals surface area contributed by atoms with Gasteiger partial charge in [0.1, 0.15) is 5.60 Å². The van der Waals surface area contributed by atoms with E-state index >= 15 is 0 Å². The Kier molecular flexibility index (Phi) is 3.81. The van der Waals surface area contributed by atoms with Gasteiger partial charge in [0, 0.05) is 6.42 Å². The lowest BCUT2D eigenvalue weighted by atomic mass is 9.81. The van der Waals surface area contributed by atoms with E-state index in [9.17, 15) is 0 Å². The van der Waals surface area contributed by atoms with Gasteiger partial charge in [-0.3, -0.25) is 0 Å². The van der Waals surface area contributed by atoms with E-state index < -0.39 is 0 Å². The Hall–Kier alpha value is -1.38. The predicted molar refractivity (Wildman–Crippen MR) is 75.9 cm³/mol. The van der Waals surface area contributed by atoms with E-state index in [-0.39, 0.29) is 11.7 Å². The second kappa shape index (κ2) is 5.72. The molecule has 0 N–H and O–H groups in total. The summed E-state index contributed by atoms with van der Waals surface area (Å²) in [6.45, 7) is 1.36. The van der Waals surface area contributed by atoms with Gasteiger partial charge in [0.05, 0.1) is 19.3 Å². The molecular formula is C17H20O2. The first-order valence-corrected chi connectivity index (χ1v) is 7.03. The number of benzene rings is 1. The van der Waals surface area contributed by atoms with Crippen molar-refractivity contribution in [2.75, 3.05) is 13.2 Å².